The molecule has 8 nitrogen and oxygen atoms in total. The summed E-state index contributed by atoms with van der Waals surface area (Å²) in [5.74, 6) is -1.79. The van der Waals surface area contributed by atoms with Crippen LogP contribution in [-0.2, 0) is 29.1 Å². The predicted octanol–water partition coefficient (Wildman–Crippen LogP) is 2.49. The average molecular weight is 421 g/mol. The smallest absolute Gasteiger partial charge is 0.347 e. The summed E-state index contributed by atoms with van der Waals surface area (Å²) in [4.78, 5) is 35.6. The van der Waals surface area contributed by atoms with Gasteiger partial charge < -0.3 is 9.47 Å². The van der Waals surface area contributed by atoms with Gasteiger partial charge in [0.15, 0.2) is 11.9 Å². The molecule has 156 valence electrons. The van der Waals surface area contributed by atoms with E-state index in [9.17, 15) is 22.8 Å². The van der Waals surface area contributed by atoms with Gasteiger partial charge in [0, 0.05) is 24.4 Å². The Hall–Kier alpha value is -2.94. The van der Waals surface area contributed by atoms with Crippen molar-refractivity contribution in [2.24, 2.45) is 0 Å². The normalized spacial score (nSPS) is 12.2. The van der Waals surface area contributed by atoms with Gasteiger partial charge in [-0.25, -0.2) is 17.2 Å². The minimum atomic E-state index is -3.81. The molecule has 1 atom stereocenters. The number of hydrogen-bond donors (Lipinski definition) is 0. The molecular weight excluding hydrogens is 398 g/mol. The highest BCUT2D eigenvalue weighted by Gasteiger charge is 2.21. The first-order valence-electron chi connectivity index (χ1n) is 9.04. The third kappa shape index (κ3) is 5.77. The van der Waals surface area contributed by atoms with E-state index in [1.54, 1.807) is 19.1 Å². The number of rotatable bonds is 9. The molecule has 1 aromatic heterocycles. The summed E-state index contributed by atoms with van der Waals surface area (Å²) in [5, 5.41) is 0. The Balaban J connectivity index is 1.98. The van der Waals surface area contributed by atoms with E-state index in [-0.39, 0.29) is 29.9 Å². The molecule has 2 rings (SSSR count). The second-order valence-electron chi connectivity index (χ2n) is 6.36. The molecule has 0 saturated heterocycles. The minimum Gasteiger partial charge on any atom is -0.463 e. The van der Waals surface area contributed by atoms with E-state index >= 15 is 0 Å². The highest BCUT2D eigenvalue weighted by molar-refractivity contribution is 7.90. The topological polar surface area (TPSA) is 109 Å². The van der Waals surface area contributed by atoms with Crippen molar-refractivity contribution in [1.29, 1.82) is 0 Å². The Morgan fingerprint density at radius 1 is 1.07 bits per heavy atom. The fourth-order valence-corrected chi connectivity index (χ4v) is 3.64. The van der Waals surface area contributed by atoms with E-state index in [1.807, 2.05) is 6.92 Å². The first kappa shape index (κ1) is 22.4. The molecule has 1 heterocycles. The molecule has 0 bridgehead atoms. The van der Waals surface area contributed by atoms with Crippen molar-refractivity contribution in [3.8, 4) is 0 Å². The fourth-order valence-electron chi connectivity index (χ4n) is 2.45. The Morgan fingerprint density at radius 3 is 2.34 bits per heavy atom. The van der Waals surface area contributed by atoms with Crippen molar-refractivity contribution >= 4 is 27.7 Å². The molecule has 0 aliphatic heterocycles. The van der Waals surface area contributed by atoms with E-state index in [2.05, 4.69) is 0 Å². The van der Waals surface area contributed by atoms with E-state index in [4.69, 9.17) is 9.47 Å². The number of carbonyl (C=O) groups is 3. The fraction of sp³-hybridized carbons (Fsp3) is 0.350. The van der Waals surface area contributed by atoms with Crippen LogP contribution in [-0.4, -0.2) is 42.8 Å². The summed E-state index contributed by atoms with van der Waals surface area (Å²) < 4.78 is 35.8. The van der Waals surface area contributed by atoms with Crippen LogP contribution in [0.25, 0.3) is 0 Å². The molecule has 0 fully saturated rings. The lowest BCUT2D eigenvalue weighted by atomic mass is 10.1. The van der Waals surface area contributed by atoms with Crippen LogP contribution in [0.2, 0.25) is 0 Å². The minimum absolute atomic E-state index is 0.106. The van der Waals surface area contributed by atoms with Gasteiger partial charge in [0.1, 0.15) is 0 Å². The Morgan fingerprint density at radius 2 is 1.72 bits per heavy atom. The van der Waals surface area contributed by atoms with Crippen LogP contribution in [0.5, 0.6) is 0 Å². The zero-order valence-electron chi connectivity index (χ0n) is 16.5. The first-order chi connectivity index (χ1) is 13.6. The van der Waals surface area contributed by atoms with Crippen LogP contribution in [0.4, 0.5) is 0 Å². The van der Waals surface area contributed by atoms with Crippen molar-refractivity contribution in [2.75, 3.05) is 6.61 Å². The number of nitrogens with zero attached hydrogens (tertiary/aromatic N) is 1. The van der Waals surface area contributed by atoms with Gasteiger partial charge in [-0.1, -0.05) is 17.7 Å². The van der Waals surface area contributed by atoms with Gasteiger partial charge >= 0.3 is 11.9 Å². The van der Waals surface area contributed by atoms with Gasteiger partial charge in [-0.15, -0.1) is 0 Å². The number of hydrogen-bond acceptors (Lipinski definition) is 7. The van der Waals surface area contributed by atoms with Crippen molar-refractivity contribution in [3.63, 3.8) is 0 Å². The van der Waals surface area contributed by atoms with Crippen LogP contribution < -0.4 is 0 Å². The predicted molar refractivity (Wildman–Crippen MR) is 104 cm³/mol. The number of ether oxygens (including phenoxy) is 2. The van der Waals surface area contributed by atoms with E-state index in [1.165, 1.54) is 37.5 Å². The van der Waals surface area contributed by atoms with Crippen molar-refractivity contribution in [3.05, 3.63) is 53.9 Å². The van der Waals surface area contributed by atoms with Crippen LogP contribution in [0, 0.1) is 6.92 Å². The summed E-state index contributed by atoms with van der Waals surface area (Å²) >= 11 is 0. The maximum Gasteiger partial charge on any atom is 0.347 e. The second-order valence-corrected chi connectivity index (χ2v) is 8.20. The van der Waals surface area contributed by atoms with E-state index < -0.39 is 33.8 Å². The standard InChI is InChI=1S/C20H23NO7S/c1-4-27-20(24)15(3)28-19(23)10-9-18(22)16-11-12-21(13-16)29(25,26)17-7-5-14(2)6-8-17/h5-8,11-13,15H,4,9-10H2,1-3H3/t15-/m1/s1. The van der Waals surface area contributed by atoms with Crippen LogP contribution in [0.3, 0.4) is 0 Å². The molecule has 9 heteroatoms. The third-order valence-corrected chi connectivity index (χ3v) is 5.72. The van der Waals surface area contributed by atoms with Gasteiger partial charge in [0.2, 0.25) is 0 Å². The zero-order chi connectivity index (χ0) is 21.6. The second kappa shape index (κ2) is 9.51. The molecule has 0 unspecified atom stereocenters. The monoisotopic (exact) mass is 421 g/mol. The molecule has 0 aliphatic rings. The molecule has 1 aromatic carbocycles. The van der Waals surface area contributed by atoms with Crippen LogP contribution in [0.1, 0.15) is 42.6 Å². The molecule has 0 aliphatic carbocycles. The zero-order valence-corrected chi connectivity index (χ0v) is 17.3. The van der Waals surface area contributed by atoms with Crippen molar-refractivity contribution < 1.29 is 32.3 Å². The summed E-state index contributed by atoms with van der Waals surface area (Å²) in [5.41, 5.74) is 1.09. The van der Waals surface area contributed by atoms with Gasteiger partial charge in [0.25, 0.3) is 10.0 Å². The Kier molecular flexibility index (Phi) is 7.33. The largest absolute Gasteiger partial charge is 0.463 e. The summed E-state index contributed by atoms with van der Waals surface area (Å²) in [6.07, 6.45) is 1.02. The average Bonchev–Trinajstić information content (AvgIpc) is 3.18. The lowest BCUT2D eigenvalue weighted by molar-refractivity contribution is -0.166. The SMILES string of the molecule is CCOC(=O)[C@@H](C)OC(=O)CCC(=O)c1ccn(S(=O)(=O)c2ccc(C)cc2)c1. The molecule has 2 aromatic rings. The lowest BCUT2D eigenvalue weighted by Gasteiger charge is -2.11. The van der Waals surface area contributed by atoms with E-state index in [0.29, 0.717) is 0 Å². The third-order valence-electron chi connectivity index (χ3n) is 4.07. The summed E-state index contributed by atoms with van der Waals surface area (Å²) in [7, 11) is -3.81. The van der Waals surface area contributed by atoms with Crippen LogP contribution in [0.15, 0.2) is 47.6 Å². The molecular formula is C20H23NO7S. The van der Waals surface area contributed by atoms with Gasteiger partial charge in [0.05, 0.1) is 17.9 Å². The van der Waals surface area contributed by atoms with Gasteiger partial charge in [-0.2, -0.15) is 0 Å². The summed E-state index contributed by atoms with van der Waals surface area (Å²) in [6, 6.07) is 7.73. The number of esters is 2. The van der Waals surface area contributed by atoms with Crippen molar-refractivity contribution in [2.45, 2.75) is 44.6 Å². The number of aryl methyl sites for hydroxylation is 1. The molecule has 0 amide bonds. The van der Waals surface area contributed by atoms with Crippen LogP contribution >= 0.6 is 0 Å². The quantitative estimate of drug-likeness (QED) is 0.452. The van der Waals surface area contributed by atoms with E-state index in [0.717, 1.165) is 9.54 Å². The Bertz CT molecular complexity index is 990. The maximum absolute atomic E-state index is 12.6. The maximum atomic E-state index is 12.6. The van der Waals surface area contributed by atoms with Gasteiger partial charge in [-0.05, 0) is 39.0 Å². The molecule has 0 spiro atoms. The number of benzene rings is 1. The molecule has 0 radical (unpaired) electrons. The molecule has 0 N–H and O–H groups in total. The lowest BCUT2D eigenvalue weighted by Crippen LogP contribution is -2.26. The highest BCUT2D eigenvalue weighted by atomic mass is 32.2. The first-order valence-corrected chi connectivity index (χ1v) is 10.5. The molecule has 0 saturated carbocycles. The number of Topliss-reactive ketones (excluding diaryl/α,β-unsaturated/α-hetero) is 1. The highest BCUT2D eigenvalue weighted by Crippen LogP contribution is 2.17. The number of ketones is 1. The summed E-state index contributed by atoms with van der Waals surface area (Å²) in [6.45, 7) is 5.03. The van der Waals surface area contributed by atoms with Gasteiger partial charge in [-0.3, -0.25) is 9.59 Å². The number of aromatic nitrogens is 1. The van der Waals surface area contributed by atoms with Crippen molar-refractivity contribution in [1.82, 2.24) is 3.97 Å². The molecule has 29 heavy (non-hydrogen) atoms. The Labute approximate surface area is 169 Å². The number of carbonyl (C=O) groups excluding carboxylic acids is 3.